The minimum absolute atomic E-state index is 0.149. The number of nitrogen functional groups attached to an aromatic ring is 1. The van der Waals surface area contributed by atoms with E-state index in [1.165, 1.54) is 18.4 Å². The predicted octanol–water partition coefficient (Wildman–Crippen LogP) is 2.37. The summed E-state index contributed by atoms with van der Waals surface area (Å²) in [4.78, 5) is 0.250. The van der Waals surface area contributed by atoms with Crippen LogP contribution in [0.2, 0.25) is 0 Å². The largest absolute Gasteiger partial charge is 0.397 e. The molecular weight excluding hydrogens is 286 g/mol. The highest BCUT2D eigenvalue weighted by Crippen LogP contribution is 2.63. The van der Waals surface area contributed by atoms with Gasteiger partial charge in [0, 0.05) is 20.1 Å². The Bertz CT molecular complexity index is 649. The maximum Gasteiger partial charge on any atom is 0.242 e. The van der Waals surface area contributed by atoms with E-state index in [4.69, 9.17) is 5.73 Å². The van der Waals surface area contributed by atoms with E-state index in [9.17, 15) is 8.42 Å². The SMILES string of the molecule is CN(C)S(=O)(=O)c1ccc(N)c(NC2C(C)(C)C2(C)C)c1. The van der Waals surface area contributed by atoms with Crippen molar-refractivity contribution in [2.45, 2.75) is 38.6 Å². The van der Waals surface area contributed by atoms with Crippen molar-refractivity contribution < 1.29 is 8.42 Å². The Hall–Kier alpha value is -1.27. The molecule has 1 saturated carbocycles. The molecule has 0 atom stereocenters. The van der Waals surface area contributed by atoms with E-state index < -0.39 is 10.0 Å². The van der Waals surface area contributed by atoms with Crippen molar-refractivity contribution in [2.75, 3.05) is 25.1 Å². The van der Waals surface area contributed by atoms with Crippen LogP contribution in [0.15, 0.2) is 23.1 Å². The van der Waals surface area contributed by atoms with Crippen molar-refractivity contribution in [1.82, 2.24) is 4.31 Å². The predicted molar refractivity (Wildman–Crippen MR) is 86.7 cm³/mol. The summed E-state index contributed by atoms with van der Waals surface area (Å²) in [6.07, 6.45) is 0. The fourth-order valence-corrected chi connectivity index (χ4v) is 3.67. The van der Waals surface area contributed by atoms with Gasteiger partial charge in [-0.3, -0.25) is 0 Å². The average Bonchev–Trinajstić information content (AvgIpc) is 2.73. The highest BCUT2D eigenvalue weighted by Gasteiger charge is 2.65. The maximum atomic E-state index is 12.2. The molecule has 5 nitrogen and oxygen atoms in total. The molecule has 6 heteroatoms. The molecule has 0 bridgehead atoms. The van der Waals surface area contributed by atoms with E-state index in [-0.39, 0.29) is 21.8 Å². The summed E-state index contributed by atoms with van der Waals surface area (Å²) in [5.41, 5.74) is 7.53. The van der Waals surface area contributed by atoms with E-state index in [1.807, 2.05) is 0 Å². The number of benzene rings is 1. The van der Waals surface area contributed by atoms with Crippen LogP contribution in [0.5, 0.6) is 0 Å². The van der Waals surface area contributed by atoms with Crippen molar-refractivity contribution in [1.29, 1.82) is 0 Å². The standard InChI is InChI=1S/C15H25N3O2S/c1-14(2)13(15(14,3)4)17-12-9-10(7-8-11(12)16)21(19,20)18(5)6/h7-9,13,17H,16H2,1-6H3. The van der Waals surface area contributed by atoms with Gasteiger partial charge < -0.3 is 11.1 Å². The molecule has 1 aliphatic rings. The van der Waals surface area contributed by atoms with Gasteiger partial charge in [-0.05, 0) is 29.0 Å². The third-order valence-electron chi connectivity index (χ3n) is 5.12. The van der Waals surface area contributed by atoms with Crippen molar-refractivity contribution in [3.8, 4) is 0 Å². The minimum atomic E-state index is -3.45. The second-order valence-electron chi connectivity index (χ2n) is 7.06. The van der Waals surface area contributed by atoms with Gasteiger partial charge in [0.15, 0.2) is 0 Å². The highest BCUT2D eigenvalue weighted by atomic mass is 32.2. The van der Waals surface area contributed by atoms with Crippen LogP contribution in [0.4, 0.5) is 11.4 Å². The summed E-state index contributed by atoms with van der Waals surface area (Å²) in [6.45, 7) is 8.78. The average molecular weight is 311 g/mol. The first-order valence-electron chi connectivity index (χ1n) is 7.01. The fourth-order valence-electron chi connectivity index (χ4n) is 2.74. The summed E-state index contributed by atoms with van der Waals surface area (Å²) in [7, 11) is -0.412. The first kappa shape index (κ1) is 16.1. The summed E-state index contributed by atoms with van der Waals surface area (Å²) in [5.74, 6) is 0. The maximum absolute atomic E-state index is 12.2. The van der Waals surface area contributed by atoms with Gasteiger partial charge >= 0.3 is 0 Å². The number of nitrogens with zero attached hydrogens (tertiary/aromatic N) is 1. The molecule has 1 fully saturated rings. The van der Waals surface area contributed by atoms with Crippen molar-refractivity contribution in [3.63, 3.8) is 0 Å². The molecule has 3 N–H and O–H groups in total. The Morgan fingerprint density at radius 3 is 2.10 bits per heavy atom. The van der Waals surface area contributed by atoms with Crippen LogP contribution in [0.3, 0.4) is 0 Å². The smallest absolute Gasteiger partial charge is 0.242 e. The van der Waals surface area contributed by atoms with Crippen LogP contribution in [-0.2, 0) is 10.0 Å². The van der Waals surface area contributed by atoms with Gasteiger partial charge in [-0.2, -0.15) is 0 Å². The van der Waals surface area contributed by atoms with Crippen LogP contribution in [0, 0.1) is 10.8 Å². The van der Waals surface area contributed by atoms with Gasteiger partial charge in [-0.1, -0.05) is 27.7 Å². The van der Waals surface area contributed by atoms with Crippen LogP contribution in [-0.4, -0.2) is 32.9 Å². The third-order valence-corrected chi connectivity index (χ3v) is 6.93. The minimum Gasteiger partial charge on any atom is -0.397 e. The van der Waals surface area contributed by atoms with Crippen molar-refractivity contribution in [3.05, 3.63) is 18.2 Å². The lowest BCUT2D eigenvalue weighted by molar-refractivity contribution is 0.457. The van der Waals surface area contributed by atoms with E-state index in [1.54, 1.807) is 18.2 Å². The zero-order valence-corrected chi connectivity index (χ0v) is 14.4. The Balaban J connectivity index is 2.35. The molecule has 0 aromatic heterocycles. The van der Waals surface area contributed by atoms with Crippen LogP contribution < -0.4 is 11.1 Å². The molecule has 0 aliphatic heterocycles. The lowest BCUT2D eigenvalue weighted by atomic mass is 10.0. The molecule has 0 spiro atoms. The molecule has 1 aromatic rings. The lowest BCUT2D eigenvalue weighted by Gasteiger charge is -2.15. The van der Waals surface area contributed by atoms with E-state index in [0.29, 0.717) is 11.4 Å². The third kappa shape index (κ3) is 2.40. The number of nitrogens with one attached hydrogen (secondary N) is 1. The van der Waals surface area contributed by atoms with Crippen LogP contribution in [0.1, 0.15) is 27.7 Å². The topological polar surface area (TPSA) is 75.4 Å². The number of hydrogen-bond donors (Lipinski definition) is 2. The summed E-state index contributed by atoms with van der Waals surface area (Å²) in [6, 6.07) is 5.07. The van der Waals surface area contributed by atoms with Crippen molar-refractivity contribution >= 4 is 21.4 Å². The molecule has 0 amide bonds. The molecule has 0 saturated heterocycles. The Morgan fingerprint density at radius 2 is 1.67 bits per heavy atom. The van der Waals surface area contributed by atoms with Gasteiger partial charge in [0.25, 0.3) is 0 Å². The molecule has 21 heavy (non-hydrogen) atoms. The second-order valence-corrected chi connectivity index (χ2v) is 9.21. The Labute approximate surface area is 127 Å². The molecule has 118 valence electrons. The van der Waals surface area contributed by atoms with Crippen LogP contribution in [0.25, 0.3) is 0 Å². The van der Waals surface area contributed by atoms with E-state index in [0.717, 1.165) is 0 Å². The van der Waals surface area contributed by atoms with Gasteiger partial charge in [-0.15, -0.1) is 0 Å². The number of nitrogens with two attached hydrogens (primary N) is 1. The monoisotopic (exact) mass is 311 g/mol. The number of hydrogen-bond acceptors (Lipinski definition) is 4. The fraction of sp³-hybridized carbons (Fsp3) is 0.600. The molecule has 2 rings (SSSR count). The van der Waals surface area contributed by atoms with Gasteiger partial charge in [0.1, 0.15) is 0 Å². The highest BCUT2D eigenvalue weighted by molar-refractivity contribution is 7.89. The van der Waals surface area contributed by atoms with Crippen LogP contribution >= 0.6 is 0 Å². The quantitative estimate of drug-likeness (QED) is 0.837. The number of sulfonamides is 1. The molecule has 0 heterocycles. The molecule has 1 aliphatic carbocycles. The zero-order valence-electron chi connectivity index (χ0n) is 13.6. The number of rotatable bonds is 4. The molecule has 0 unspecified atom stereocenters. The zero-order chi connectivity index (χ0) is 16.2. The first-order chi connectivity index (χ1) is 9.42. The van der Waals surface area contributed by atoms with Gasteiger partial charge in [-0.25, -0.2) is 12.7 Å². The van der Waals surface area contributed by atoms with Gasteiger partial charge in [0.2, 0.25) is 10.0 Å². The Kier molecular flexibility index (Phi) is 3.54. The van der Waals surface area contributed by atoms with Gasteiger partial charge in [0.05, 0.1) is 16.3 Å². The summed E-state index contributed by atoms with van der Waals surface area (Å²) >= 11 is 0. The normalized spacial score (nSPS) is 20.5. The summed E-state index contributed by atoms with van der Waals surface area (Å²) in [5, 5.41) is 3.41. The van der Waals surface area contributed by atoms with E-state index >= 15 is 0 Å². The molecular formula is C15H25N3O2S. The van der Waals surface area contributed by atoms with E-state index in [2.05, 4.69) is 33.0 Å². The van der Waals surface area contributed by atoms with Crippen molar-refractivity contribution in [2.24, 2.45) is 10.8 Å². The summed E-state index contributed by atoms with van der Waals surface area (Å²) < 4.78 is 25.6. The second kappa shape index (κ2) is 4.61. The lowest BCUT2D eigenvalue weighted by Crippen LogP contribution is -2.22. The molecule has 0 radical (unpaired) electrons. The first-order valence-corrected chi connectivity index (χ1v) is 8.45. The Morgan fingerprint density at radius 1 is 1.14 bits per heavy atom. The molecule has 1 aromatic carbocycles. The number of anilines is 2.